The van der Waals surface area contributed by atoms with E-state index in [1.54, 1.807) is 24.5 Å². The normalized spacial score (nSPS) is 15.6. The molecule has 1 aliphatic carbocycles. The summed E-state index contributed by atoms with van der Waals surface area (Å²) >= 11 is 13.8. The van der Waals surface area contributed by atoms with E-state index >= 15 is 0 Å². The molecule has 1 aliphatic rings. The molecule has 0 aliphatic heterocycles. The lowest BCUT2D eigenvalue weighted by Crippen LogP contribution is -2.40. The van der Waals surface area contributed by atoms with Gasteiger partial charge >= 0.3 is 0 Å². The molecule has 2 aromatic heterocycles. The fourth-order valence-electron chi connectivity index (χ4n) is 3.66. The van der Waals surface area contributed by atoms with Crippen molar-refractivity contribution in [3.63, 3.8) is 0 Å². The summed E-state index contributed by atoms with van der Waals surface area (Å²) in [5.74, 6) is 0.636. The Morgan fingerprint density at radius 2 is 1.97 bits per heavy atom. The van der Waals surface area contributed by atoms with Gasteiger partial charge in [-0.25, -0.2) is 0 Å². The Morgan fingerprint density at radius 1 is 1.16 bits per heavy atom. The van der Waals surface area contributed by atoms with Crippen LogP contribution in [0.1, 0.15) is 39.0 Å². The van der Waals surface area contributed by atoms with Crippen LogP contribution in [0.3, 0.4) is 0 Å². The summed E-state index contributed by atoms with van der Waals surface area (Å²) in [6, 6.07) is 9.38. The zero-order valence-corrected chi connectivity index (χ0v) is 19.4. The quantitative estimate of drug-likeness (QED) is 0.472. The minimum absolute atomic E-state index is 0.0171. The fourth-order valence-corrected chi connectivity index (χ4v) is 4.83. The van der Waals surface area contributed by atoms with Gasteiger partial charge in [-0.05, 0) is 50.1 Å². The molecule has 6 nitrogen and oxygen atoms in total. The monoisotopic (exact) mass is 475 g/mol. The minimum Gasteiger partial charge on any atom is -0.352 e. The van der Waals surface area contributed by atoms with Crippen LogP contribution in [-0.2, 0) is 4.79 Å². The highest BCUT2D eigenvalue weighted by Crippen LogP contribution is 2.32. The van der Waals surface area contributed by atoms with Gasteiger partial charge in [0.2, 0.25) is 5.91 Å². The number of rotatable bonds is 6. The fraction of sp³-hybridized carbons (Fsp3) is 0.364. The molecule has 2 heterocycles. The van der Waals surface area contributed by atoms with Gasteiger partial charge in [0.05, 0.1) is 21.0 Å². The third-order valence-corrected chi connectivity index (χ3v) is 7.10. The summed E-state index contributed by atoms with van der Waals surface area (Å²) in [6.07, 6.45) is 9.13. The van der Waals surface area contributed by atoms with Crippen molar-refractivity contribution in [1.82, 2.24) is 25.1 Å². The minimum atomic E-state index is -0.325. The first-order valence-corrected chi connectivity index (χ1v) is 11.9. The summed E-state index contributed by atoms with van der Waals surface area (Å²) in [6.45, 7) is 1.89. The Balaban J connectivity index is 1.63. The van der Waals surface area contributed by atoms with Crippen LogP contribution in [0.25, 0.3) is 17.1 Å². The molecule has 0 saturated heterocycles. The van der Waals surface area contributed by atoms with Crippen molar-refractivity contribution in [1.29, 1.82) is 0 Å². The predicted molar refractivity (Wildman–Crippen MR) is 125 cm³/mol. The van der Waals surface area contributed by atoms with Gasteiger partial charge in [0.25, 0.3) is 0 Å². The highest BCUT2D eigenvalue weighted by molar-refractivity contribution is 8.00. The average molecular weight is 476 g/mol. The molecule has 1 amide bonds. The van der Waals surface area contributed by atoms with Crippen LogP contribution in [0.4, 0.5) is 0 Å². The van der Waals surface area contributed by atoms with Crippen molar-refractivity contribution >= 4 is 40.9 Å². The van der Waals surface area contributed by atoms with Crippen LogP contribution in [0.5, 0.6) is 0 Å². The van der Waals surface area contributed by atoms with E-state index in [1.807, 2.05) is 29.7 Å². The number of thioether (sulfide) groups is 1. The number of carbonyl (C=O) groups is 1. The number of nitrogens with one attached hydrogen (secondary N) is 1. The van der Waals surface area contributed by atoms with E-state index in [4.69, 9.17) is 23.2 Å². The van der Waals surface area contributed by atoms with Gasteiger partial charge in [-0.15, -0.1) is 10.2 Å². The predicted octanol–water partition coefficient (Wildman–Crippen LogP) is 5.57. The Kier molecular flexibility index (Phi) is 7.15. The third kappa shape index (κ3) is 5.22. The average Bonchev–Trinajstić information content (AvgIpc) is 3.20. The van der Waals surface area contributed by atoms with Gasteiger partial charge in [0.15, 0.2) is 11.0 Å². The Hall–Kier alpha value is -2.09. The van der Waals surface area contributed by atoms with Gasteiger partial charge in [0, 0.05) is 24.0 Å². The van der Waals surface area contributed by atoms with Gasteiger partial charge < -0.3 is 5.32 Å². The summed E-state index contributed by atoms with van der Waals surface area (Å²) in [5, 5.41) is 13.1. The van der Waals surface area contributed by atoms with Gasteiger partial charge in [-0.2, -0.15) is 0 Å². The lowest BCUT2D eigenvalue weighted by molar-refractivity contribution is -0.121. The van der Waals surface area contributed by atoms with Crippen molar-refractivity contribution in [2.24, 2.45) is 0 Å². The molecule has 4 rings (SSSR count). The summed E-state index contributed by atoms with van der Waals surface area (Å²) in [7, 11) is 0. The molecule has 1 unspecified atom stereocenters. The molecular weight excluding hydrogens is 453 g/mol. The molecule has 1 atom stereocenters. The zero-order valence-electron chi connectivity index (χ0n) is 17.1. The maximum atomic E-state index is 12.8. The smallest absolute Gasteiger partial charge is 0.233 e. The molecular formula is C22H23Cl2N5OS. The second kappa shape index (κ2) is 10.0. The molecule has 1 fully saturated rings. The van der Waals surface area contributed by atoms with E-state index < -0.39 is 0 Å². The number of nitrogens with zero attached hydrogens (tertiary/aromatic N) is 4. The van der Waals surface area contributed by atoms with E-state index in [1.165, 1.54) is 31.0 Å². The molecule has 1 N–H and O–H groups in total. The first-order chi connectivity index (χ1) is 15.0. The van der Waals surface area contributed by atoms with Crippen molar-refractivity contribution in [2.75, 3.05) is 0 Å². The van der Waals surface area contributed by atoms with Crippen molar-refractivity contribution in [3.05, 3.63) is 52.8 Å². The number of carbonyl (C=O) groups excluding carboxylic acids is 1. The zero-order chi connectivity index (χ0) is 21.8. The summed E-state index contributed by atoms with van der Waals surface area (Å²) in [5.41, 5.74) is 1.58. The molecule has 1 saturated carbocycles. The Bertz CT molecular complexity index is 1050. The van der Waals surface area contributed by atoms with Crippen LogP contribution in [0.2, 0.25) is 10.0 Å². The number of halogens is 2. The molecule has 31 heavy (non-hydrogen) atoms. The molecule has 0 bridgehead atoms. The van der Waals surface area contributed by atoms with Gasteiger partial charge in [0.1, 0.15) is 0 Å². The number of hydrogen-bond acceptors (Lipinski definition) is 5. The number of aromatic nitrogens is 4. The molecule has 0 radical (unpaired) electrons. The lowest BCUT2D eigenvalue weighted by Gasteiger charge is -2.24. The number of benzene rings is 1. The molecule has 9 heteroatoms. The number of pyridine rings is 1. The molecule has 162 valence electrons. The van der Waals surface area contributed by atoms with E-state index in [2.05, 4.69) is 20.5 Å². The van der Waals surface area contributed by atoms with Crippen molar-refractivity contribution in [2.45, 2.75) is 55.5 Å². The summed E-state index contributed by atoms with van der Waals surface area (Å²) < 4.78 is 1.88. The van der Waals surface area contributed by atoms with Crippen molar-refractivity contribution < 1.29 is 4.79 Å². The second-order valence-electron chi connectivity index (χ2n) is 7.59. The number of hydrogen-bond donors (Lipinski definition) is 1. The van der Waals surface area contributed by atoms with Crippen LogP contribution in [0.15, 0.2) is 47.9 Å². The Morgan fingerprint density at radius 3 is 2.68 bits per heavy atom. The highest BCUT2D eigenvalue weighted by Gasteiger charge is 2.24. The topological polar surface area (TPSA) is 72.7 Å². The van der Waals surface area contributed by atoms with Crippen molar-refractivity contribution in [3.8, 4) is 17.1 Å². The maximum Gasteiger partial charge on any atom is 0.233 e. The van der Waals surface area contributed by atoms with E-state index in [0.717, 1.165) is 24.1 Å². The largest absolute Gasteiger partial charge is 0.352 e. The van der Waals surface area contributed by atoms with E-state index in [9.17, 15) is 4.79 Å². The lowest BCUT2D eigenvalue weighted by atomic mass is 9.95. The van der Waals surface area contributed by atoms with Crippen LogP contribution in [0, 0.1) is 0 Å². The molecule has 0 spiro atoms. The van der Waals surface area contributed by atoms with E-state index in [0.29, 0.717) is 21.0 Å². The SMILES string of the molecule is CC(Sc1nnc(-c2cccnc2)n1-c1ccc(Cl)c(Cl)c1)C(=O)NC1CCCCC1. The summed E-state index contributed by atoms with van der Waals surface area (Å²) in [4.78, 5) is 17.0. The maximum absolute atomic E-state index is 12.8. The van der Waals surface area contributed by atoms with Crippen LogP contribution in [-0.4, -0.2) is 36.9 Å². The highest BCUT2D eigenvalue weighted by atomic mass is 35.5. The first kappa shape index (κ1) is 22.1. The van der Waals surface area contributed by atoms with Crippen LogP contribution >= 0.6 is 35.0 Å². The molecule has 3 aromatic rings. The Labute approximate surface area is 195 Å². The second-order valence-corrected chi connectivity index (χ2v) is 9.71. The van der Waals surface area contributed by atoms with Gasteiger partial charge in [-0.3, -0.25) is 14.3 Å². The number of amides is 1. The van der Waals surface area contributed by atoms with Gasteiger partial charge in [-0.1, -0.05) is 54.2 Å². The first-order valence-electron chi connectivity index (χ1n) is 10.3. The third-order valence-electron chi connectivity index (χ3n) is 5.32. The standard InChI is InChI=1S/C22H23Cl2N5OS/c1-14(21(30)26-16-7-3-2-4-8-16)31-22-28-27-20(15-6-5-11-25-13-15)29(22)17-9-10-18(23)19(24)12-17/h5-6,9-14,16H,2-4,7-8H2,1H3,(H,26,30). The van der Waals surface area contributed by atoms with E-state index in [-0.39, 0.29) is 17.2 Å². The van der Waals surface area contributed by atoms with Crippen LogP contribution < -0.4 is 5.32 Å². The molecule has 1 aromatic carbocycles.